The second-order valence-corrected chi connectivity index (χ2v) is 6.20. The Labute approximate surface area is 139 Å². The molecule has 1 aliphatic heterocycles. The van der Waals surface area contributed by atoms with E-state index in [1.807, 2.05) is 0 Å². The molecular weight excluding hydrogens is 316 g/mol. The molecule has 1 saturated heterocycles. The maximum atomic E-state index is 12.5. The number of halogens is 1. The van der Waals surface area contributed by atoms with Crippen molar-refractivity contribution in [1.29, 1.82) is 0 Å². The predicted octanol–water partition coefficient (Wildman–Crippen LogP) is 1.41. The van der Waals surface area contributed by atoms with Crippen LogP contribution in [0.2, 0.25) is 5.02 Å². The molecule has 2 heterocycles. The van der Waals surface area contributed by atoms with Crippen molar-refractivity contribution < 1.29 is 4.79 Å². The summed E-state index contributed by atoms with van der Waals surface area (Å²) in [5.74, 6) is -0.438. The molecule has 3 rings (SSSR count). The average Bonchev–Trinajstić information content (AvgIpc) is 3.04. The van der Waals surface area contributed by atoms with Crippen LogP contribution in [0, 0.1) is 0 Å². The minimum Gasteiger partial charge on any atom is -0.349 e. The smallest absolute Gasteiger partial charge is 0.275 e. The van der Waals surface area contributed by atoms with Gasteiger partial charge in [-0.05, 0) is 44.1 Å². The van der Waals surface area contributed by atoms with Crippen LogP contribution in [0.5, 0.6) is 0 Å². The molecule has 1 aliphatic rings. The maximum absolute atomic E-state index is 12.5. The molecule has 0 unspecified atom stereocenters. The summed E-state index contributed by atoms with van der Waals surface area (Å²) >= 11 is 5.96. The number of carbonyl (C=O) groups is 1. The number of fused-ring (bicyclic) bond motifs is 1. The van der Waals surface area contributed by atoms with E-state index in [4.69, 9.17) is 11.6 Å². The van der Waals surface area contributed by atoms with Crippen molar-refractivity contribution >= 4 is 28.4 Å². The van der Waals surface area contributed by atoms with Crippen LogP contribution < -0.4 is 10.7 Å². The Bertz CT molecular complexity index is 797. The van der Waals surface area contributed by atoms with E-state index in [1.165, 1.54) is 17.5 Å². The first-order valence-electron chi connectivity index (χ1n) is 7.73. The molecule has 1 N–H and O–H groups in total. The number of nitrogens with zero attached hydrogens (tertiary/aromatic N) is 3. The number of benzene rings is 1. The maximum Gasteiger partial charge on any atom is 0.275 e. The van der Waals surface area contributed by atoms with Crippen molar-refractivity contribution in [2.75, 3.05) is 26.2 Å². The van der Waals surface area contributed by atoms with Gasteiger partial charge in [0.2, 0.25) is 5.43 Å². The van der Waals surface area contributed by atoms with Crippen LogP contribution in [-0.4, -0.2) is 46.8 Å². The number of nitrogens with one attached hydrogen (secondary N) is 1. The average molecular weight is 335 g/mol. The monoisotopic (exact) mass is 334 g/mol. The number of aromatic nitrogens is 2. The Kier molecular flexibility index (Phi) is 4.63. The van der Waals surface area contributed by atoms with Gasteiger partial charge in [-0.15, -0.1) is 0 Å². The second kappa shape index (κ2) is 6.68. The van der Waals surface area contributed by atoms with Gasteiger partial charge < -0.3 is 10.2 Å². The summed E-state index contributed by atoms with van der Waals surface area (Å²) < 4.78 is 1.53. The van der Waals surface area contributed by atoms with E-state index >= 15 is 0 Å². The molecule has 0 atom stereocenters. The normalized spacial score (nSPS) is 15.2. The van der Waals surface area contributed by atoms with Crippen molar-refractivity contribution in [2.45, 2.75) is 12.8 Å². The molecule has 0 spiro atoms. The number of aryl methyl sites for hydroxylation is 1. The van der Waals surface area contributed by atoms with Gasteiger partial charge in [-0.2, -0.15) is 5.10 Å². The lowest BCUT2D eigenvalue weighted by Crippen LogP contribution is -2.36. The fourth-order valence-electron chi connectivity index (χ4n) is 2.92. The van der Waals surface area contributed by atoms with Gasteiger partial charge in [0.25, 0.3) is 5.91 Å². The molecule has 6 nitrogen and oxygen atoms in total. The molecule has 122 valence electrons. The summed E-state index contributed by atoms with van der Waals surface area (Å²) in [6.07, 6.45) is 2.42. The minimum absolute atomic E-state index is 0.0938. The Hall–Kier alpha value is -1.92. The standard InChI is InChI=1S/C16H19ClN4O2/c1-20-13-5-4-11(17)10-12(13)15(22)14(19-20)16(23)18-6-9-21-7-2-3-8-21/h4-5,10H,2-3,6-9H2,1H3,(H,18,23). The first-order valence-corrected chi connectivity index (χ1v) is 8.11. The third-order valence-electron chi connectivity index (χ3n) is 4.14. The third-order valence-corrected chi connectivity index (χ3v) is 4.38. The molecule has 0 radical (unpaired) electrons. The predicted molar refractivity (Wildman–Crippen MR) is 90.0 cm³/mol. The number of rotatable bonds is 4. The highest BCUT2D eigenvalue weighted by molar-refractivity contribution is 6.31. The van der Waals surface area contributed by atoms with E-state index in [0.29, 0.717) is 22.5 Å². The van der Waals surface area contributed by atoms with Crippen LogP contribution in [-0.2, 0) is 7.05 Å². The highest BCUT2D eigenvalue weighted by atomic mass is 35.5. The molecule has 0 saturated carbocycles. The van der Waals surface area contributed by atoms with Gasteiger partial charge in [0, 0.05) is 25.2 Å². The number of likely N-dealkylation sites (tertiary alicyclic amines) is 1. The quantitative estimate of drug-likeness (QED) is 0.918. The summed E-state index contributed by atoms with van der Waals surface area (Å²) in [6, 6.07) is 4.99. The SMILES string of the molecule is Cn1nc(C(=O)NCCN2CCCC2)c(=O)c2cc(Cl)ccc21. The number of carbonyl (C=O) groups excluding carboxylic acids is 1. The molecule has 0 aliphatic carbocycles. The molecule has 23 heavy (non-hydrogen) atoms. The van der Waals surface area contributed by atoms with Crippen LogP contribution in [0.3, 0.4) is 0 Å². The molecular formula is C16H19ClN4O2. The van der Waals surface area contributed by atoms with E-state index in [0.717, 1.165) is 19.6 Å². The lowest BCUT2D eigenvalue weighted by Gasteiger charge is -2.14. The van der Waals surface area contributed by atoms with Crippen molar-refractivity contribution in [3.63, 3.8) is 0 Å². The number of hydrogen-bond donors (Lipinski definition) is 1. The van der Waals surface area contributed by atoms with Gasteiger partial charge in [0.15, 0.2) is 5.69 Å². The topological polar surface area (TPSA) is 67.2 Å². The van der Waals surface area contributed by atoms with E-state index in [9.17, 15) is 9.59 Å². The van der Waals surface area contributed by atoms with Crippen LogP contribution in [0.25, 0.3) is 10.9 Å². The van der Waals surface area contributed by atoms with Crippen LogP contribution in [0.4, 0.5) is 0 Å². The van der Waals surface area contributed by atoms with Gasteiger partial charge in [-0.3, -0.25) is 14.3 Å². The zero-order chi connectivity index (χ0) is 16.4. The first-order chi connectivity index (χ1) is 11.1. The fraction of sp³-hybridized carbons (Fsp3) is 0.438. The van der Waals surface area contributed by atoms with Crippen molar-refractivity contribution in [2.24, 2.45) is 7.05 Å². The van der Waals surface area contributed by atoms with E-state index in [1.54, 1.807) is 25.2 Å². The zero-order valence-electron chi connectivity index (χ0n) is 13.0. The fourth-order valence-corrected chi connectivity index (χ4v) is 3.09. The summed E-state index contributed by atoms with van der Waals surface area (Å²) in [5.41, 5.74) is 0.163. The van der Waals surface area contributed by atoms with Gasteiger partial charge in [0.1, 0.15) is 0 Å². The molecule has 1 amide bonds. The Morgan fingerprint density at radius 3 is 2.83 bits per heavy atom. The summed E-state index contributed by atoms with van der Waals surface area (Å²) in [6.45, 7) is 3.46. The van der Waals surface area contributed by atoms with E-state index in [2.05, 4.69) is 15.3 Å². The van der Waals surface area contributed by atoms with E-state index < -0.39 is 5.91 Å². The highest BCUT2D eigenvalue weighted by Gasteiger charge is 2.17. The lowest BCUT2D eigenvalue weighted by molar-refractivity contribution is 0.0942. The number of hydrogen-bond acceptors (Lipinski definition) is 4. The first kappa shape index (κ1) is 16.0. The van der Waals surface area contributed by atoms with Crippen LogP contribution in [0.15, 0.2) is 23.0 Å². The van der Waals surface area contributed by atoms with Crippen molar-refractivity contribution in [1.82, 2.24) is 20.0 Å². The van der Waals surface area contributed by atoms with Crippen LogP contribution in [0.1, 0.15) is 23.3 Å². The second-order valence-electron chi connectivity index (χ2n) is 5.77. The molecule has 7 heteroatoms. The molecule has 2 aromatic rings. The molecule has 0 bridgehead atoms. The summed E-state index contributed by atoms with van der Waals surface area (Å²) in [5, 5.41) is 7.76. The van der Waals surface area contributed by atoms with Gasteiger partial charge in [-0.1, -0.05) is 11.6 Å². The van der Waals surface area contributed by atoms with Gasteiger partial charge >= 0.3 is 0 Å². The Morgan fingerprint density at radius 1 is 1.35 bits per heavy atom. The molecule has 1 aromatic carbocycles. The van der Waals surface area contributed by atoms with Crippen LogP contribution >= 0.6 is 11.6 Å². The highest BCUT2D eigenvalue weighted by Crippen LogP contribution is 2.15. The Morgan fingerprint density at radius 2 is 2.09 bits per heavy atom. The summed E-state index contributed by atoms with van der Waals surface area (Å²) in [4.78, 5) is 27.1. The lowest BCUT2D eigenvalue weighted by atomic mass is 10.2. The third kappa shape index (κ3) is 3.38. The van der Waals surface area contributed by atoms with Gasteiger partial charge in [0.05, 0.1) is 10.9 Å². The van der Waals surface area contributed by atoms with E-state index in [-0.39, 0.29) is 11.1 Å². The van der Waals surface area contributed by atoms with Crippen molar-refractivity contribution in [3.8, 4) is 0 Å². The molecule has 1 fully saturated rings. The minimum atomic E-state index is -0.438. The summed E-state index contributed by atoms with van der Waals surface area (Å²) in [7, 11) is 1.71. The zero-order valence-corrected chi connectivity index (χ0v) is 13.8. The van der Waals surface area contributed by atoms with Gasteiger partial charge in [-0.25, -0.2) is 0 Å². The molecule has 1 aromatic heterocycles. The van der Waals surface area contributed by atoms with Crippen molar-refractivity contribution in [3.05, 3.63) is 39.1 Å². The number of amides is 1. The Balaban J connectivity index is 1.79. The largest absolute Gasteiger partial charge is 0.349 e.